The predicted octanol–water partition coefficient (Wildman–Crippen LogP) is 5.16. The molecule has 0 saturated carbocycles. The van der Waals surface area contributed by atoms with Crippen molar-refractivity contribution in [3.8, 4) is 0 Å². The van der Waals surface area contributed by atoms with E-state index in [0.717, 1.165) is 24.0 Å². The summed E-state index contributed by atoms with van der Waals surface area (Å²) in [5.74, 6) is -0.452. The standard InChI is InChI=1S/C24H30O4/c1-3-19-11-5-7-13-21(19)17-27-23(25)15-9-10-16-24(26)28-18-22-14-8-6-12-20(22)4-2/h5-8,11-14H,3-4,9-10,15-18H2,1-2H3. The average Bonchev–Trinajstić information content (AvgIpc) is 2.74. The van der Waals surface area contributed by atoms with Crippen molar-refractivity contribution >= 4 is 11.9 Å². The SMILES string of the molecule is CCc1ccccc1COC(=O)CCCCC(=O)OCc1ccccc1CC. The first-order valence-corrected chi connectivity index (χ1v) is 10.1. The van der Waals surface area contributed by atoms with Gasteiger partial charge in [-0.1, -0.05) is 62.4 Å². The van der Waals surface area contributed by atoms with Crippen molar-refractivity contribution in [2.45, 2.75) is 65.6 Å². The number of hydrogen-bond donors (Lipinski definition) is 0. The van der Waals surface area contributed by atoms with Gasteiger partial charge in [0, 0.05) is 12.8 Å². The molecule has 150 valence electrons. The molecule has 2 aromatic rings. The van der Waals surface area contributed by atoms with Gasteiger partial charge in [0.05, 0.1) is 0 Å². The molecule has 2 aromatic carbocycles. The molecule has 0 amide bonds. The van der Waals surface area contributed by atoms with Gasteiger partial charge in [-0.25, -0.2) is 0 Å². The number of rotatable bonds is 11. The zero-order valence-corrected chi connectivity index (χ0v) is 16.9. The van der Waals surface area contributed by atoms with Crippen molar-refractivity contribution in [3.63, 3.8) is 0 Å². The van der Waals surface area contributed by atoms with Gasteiger partial charge in [0.2, 0.25) is 0 Å². The summed E-state index contributed by atoms with van der Waals surface area (Å²) in [5, 5.41) is 0. The Balaban J connectivity index is 1.61. The molecular weight excluding hydrogens is 352 g/mol. The highest BCUT2D eigenvalue weighted by atomic mass is 16.5. The Hall–Kier alpha value is -2.62. The van der Waals surface area contributed by atoms with E-state index in [-0.39, 0.29) is 11.9 Å². The van der Waals surface area contributed by atoms with E-state index in [1.807, 2.05) is 48.5 Å². The summed E-state index contributed by atoms with van der Waals surface area (Å²) in [7, 11) is 0. The number of hydrogen-bond acceptors (Lipinski definition) is 4. The van der Waals surface area contributed by atoms with Crippen LogP contribution in [0.25, 0.3) is 0 Å². The fourth-order valence-electron chi connectivity index (χ4n) is 3.09. The molecule has 0 saturated heterocycles. The lowest BCUT2D eigenvalue weighted by Gasteiger charge is -2.09. The molecule has 2 rings (SSSR count). The molecular formula is C24H30O4. The van der Waals surface area contributed by atoms with Crippen LogP contribution in [0.4, 0.5) is 0 Å². The Morgan fingerprint density at radius 1 is 0.643 bits per heavy atom. The van der Waals surface area contributed by atoms with E-state index >= 15 is 0 Å². The third-order valence-corrected chi connectivity index (χ3v) is 4.79. The zero-order chi connectivity index (χ0) is 20.2. The summed E-state index contributed by atoms with van der Waals surface area (Å²) in [6, 6.07) is 16.0. The molecule has 0 unspecified atom stereocenters. The van der Waals surface area contributed by atoms with E-state index in [4.69, 9.17) is 9.47 Å². The maximum atomic E-state index is 11.9. The van der Waals surface area contributed by atoms with E-state index in [2.05, 4.69) is 13.8 Å². The van der Waals surface area contributed by atoms with Crippen LogP contribution in [0.2, 0.25) is 0 Å². The number of aryl methyl sites for hydroxylation is 2. The van der Waals surface area contributed by atoms with Crippen molar-refractivity contribution in [1.82, 2.24) is 0 Å². The highest BCUT2D eigenvalue weighted by molar-refractivity contribution is 5.70. The van der Waals surface area contributed by atoms with Gasteiger partial charge >= 0.3 is 11.9 Å². The molecule has 0 spiro atoms. The number of esters is 2. The van der Waals surface area contributed by atoms with Gasteiger partial charge in [0.1, 0.15) is 13.2 Å². The molecule has 0 aliphatic heterocycles. The Labute approximate surface area is 167 Å². The van der Waals surface area contributed by atoms with Crippen LogP contribution < -0.4 is 0 Å². The smallest absolute Gasteiger partial charge is 0.306 e. The highest BCUT2D eigenvalue weighted by Gasteiger charge is 2.09. The maximum absolute atomic E-state index is 11.9. The minimum atomic E-state index is -0.226. The summed E-state index contributed by atoms with van der Waals surface area (Å²) < 4.78 is 10.7. The summed E-state index contributed by atoms with van der Waals surface area (Å²) >= 11 is 0. The molecule has 0 heterocycles. The third-order valence-electron chi connectivity index (χ3n) is 4.79. The maximum Gasteiger partial charge on any atom is 0.306 e. The van der Waals surface area contributed by atoms with Gasteiger partial charge in [-0.15, -0.1) is 0 Å². The molecule has 0 N–H and O–H groups in total. The largest absolute Gasteiger partial charge is 0.461 e. The van der Waals surface area contributed by atoms with E-state index in [9.17, 15) is 9.59 Å². The van der Waals surface area contributed by atoms with Crippen LogP contribution in [-0.4, -0.2) is 11.9 Å². The van der Waals surface area contributed by atoms with Gasteiger partial charge in [-0.2, -0.15) is 0 Å². The average molecular weight is 383 g/mol. The van der Waals surface area contributed by atoms with Crippen molar-refractivity contribution in [1.29, 1.82) is 0 Å². The van der Waals surface area contributed by atoms with Crippen LogP contribution in [-0.2, 0) is 45.1 Å². The molecule has 0 aliphatic carbocycles. The minimum Gasteiger partial charge on any atom is -0.461 e. The number of carbonyl (C=O) groups excluding carboxylic acids is 2. The normalized spacial score (nSPS) is 10.5. The number of carbonyl (C=O) groups is 2. The highest BCUT2D eigenvalue weighted by Crippen LogP contribution is 2.13. The fraction of sp³-hybridized carbons (Fsp3) is 0.417. The van der Waals surface area contributed by atoms with Gasteiger partial charge in [0.25, 0.3) is 0 Å². The molecule has 0 aromatic heterocycles. The fourth-order valence-corrected chi connectivity index (χ4v) is 3.09. The molecule has 28 heavy (non-hydrogen) atoms. The van der Waals surface area contributed by atoms with Crippen molar-refractivity contribution in [2.75, 3.05) is 0 Å². The van der Waals surface area contributed by atoms with Crippen LogP contribution >= 0.6 is 0 Å². The van der Waals surface area contributed by atoms with Crippen molar-refractivity contribution in [2.24, 2.45) is 0 Å². The molecule has 0 radical (unpaired) electrons. The topological polar surface area (TPSA) is 52.6 Å². The quantitative estimate of drug-likeness (QED) is 0.398. The van der Waals surface area contributed by atoms with E-state index < -0.39 is 0 Å². The lowest BCUT2D eigenvalue weighted by Crippen LogP contribution is -2.08. The molecule has 0 bridgehead atoms. The van der Waals surface area contributed by atoms with Crippen LogP contribution in [0, 0.1) is 0 Å². The number of unbranched alkanes of at least 4 members (excludes halogenated alkanes) is 1. The first-order chi connectivity index (χ1) is 13.6. The van der Waals surface area contributed by atoms with Crippen LogP contribution in [0.5, 0.6) is 0 Å². The molecule has 0 fully saturated rings. The second kappa shape index (κ2) is 12.0. The number of ether oxygens (including phenoxy) is 2. The van der Waals surface area contributed by atoms with Gasteiger partial charge in [-0.05, 0) is 47.9 Å². The lowest BCUT2D eigenvalue weighted by molar-refractivity contribution is -0.147. The summed E-state index contributed by atoms with van der Waals surface area (Å²) in [6.07, 6.45) is 3.71. The molecule has 4 heteroatoms. The monoisotopic (exact) mass is 382 g/mol. The Morgan fingerprint density at radius 3 is 1.36 bits per heavy atom. The van der Waals surface area contributed by atoms with Crippen molar-refractivity contribution in [3.05, 3.63) is 70.8 Å². The van der Waals surface area contributed by atoms with Gasteiger partial charge in [-0.3, -0.25) is 9.59 Å². The van der Waals surface area contributed by atoms with E-state index in [1.165, 1.54) is 11.1 Å². The van der Waals surface area contributed by atoms with Crippen LogP contribution in [0.3, 0.4) is 0 Å². The summed E-state index contributed by atoms with van der Waals surface area (Å²) in [5.41, 5.74) is 4.49. The Morgan fingerprint density at radius 2 is 1.00 bits per heavy atom. The first-order valence-electron chi connectivity index (χ1n) is 10.1. The Kier molecular flexibility index (Phi) is 9.26. The van der Waals surface area contributed by atoms with Gasteiger partial charge < -0.3 is 9.47 Å². The van der Waals surface area contributed by atoms with E-state index in [0.29, 0.717) is 38.9 Å². The van der Waals surface area contributed by atoms with Gasteiger partial charge in [0.15, 0.2) is 0 Å². The van der Waals surface area contributed by atoms with E-state index in [1.54, 1.807) is 0 Å². The summed E-state index contributed by atoms with van der Waals surface area (Å²) in [6.45, 7) is 4.78. The first kappa shape index (κ1) is 21.7. The Bertz CT molecular complexity index is 701. The third kappa shape index (κ3) is 7.18. The summed E-state index contributed by atoms with van der Waals surface area (Å²) in [4.78, 5) is 23.8. The second-order valence-corrected chi connectivity index (χ2v) is 6.77. The van der Waals surface area contributed by atoms with Crippen LogP contribution in [0.1, 0.15) is 61.8 Å². The zero-order valence-electron chi connectivity index (χ0n) is 16.9. The lowest BCUT2D eigenvalue weighted by atomic mass is 10.1. The van der Waals surface area contributed by atoms with Crippen LogP contribution in [0.15, 0.2) is 48.5 Å². The molecule has 0 aliphatic rings. The molecule has 0 atom stereocenters. The second-order valence-electron chi connectivity index (χ2n) is 6.77. The predicted molar refractivity (Wildman–Crippen MR) is 110 cm³/mol. The number of benzene rings is 2. The minimum absolute atomic E-state index is 0.226. The van der Waals surface area contributed by atoms with Crippen molar-refractivity contribution < 1.29 is 19.1 Å². The molecule has 4 nitrogen and oxygen atoms in total.